The van der Waals surface area contributed by atoms with Gasteiger partial charge in [-0.2, -0.15) is 0 Å². The van der Waals surface area contributed by atoms with Crippen LogP contribution in [0.4, 0.5) is 11.4 Å². The molecule has 1 N–H and O–H groups in total. The van der Waals surface area contributed by atoms with Crippen molar-refractivity contribution in [2.45, 2.75) is 38.1 Å². The van der Waals surface area contributed by atoms with E-state index in [0.717, 1.165) is 5.56 Å². The Kier molecular flexibility index (Phi) is 6.00. The molecule has 0 aliphatic carbocycles. The van der Waals surface area contributed by atoms with Gasteiger partial charge in [0.1, 0.15) is 4.90 Å². The second-order valence-corrected chi connectivity index (χ2v) is 9.26. The highest BCUT2D eigenvalue weighted by atomic mass is 79.9. The highest BCUT2D eigenvalue weighted by molar-refractivity contribution is 9.10. The molecule has 2 aromatic rings. The largest absolute Gasteiger partial charge is 0.462 e. The zero-order chi connectivity index (χ0) is 21.3. The molecule has 0 aromatic heterocycles. The molecule has 0 fully saturated rings. The van der Waals surface area contributed by atoms with Crippen molar-refractivity contribution in [2.75, 3.05) is 16.2 Å². The Morgan fingerprint density at radius 1 is 1.24 bits per heavy atom. The van der Waals surface area contributed by atoms with Crippen LogP contribution in [0, 0.1) is 0 Å². The van der Waals surface area contributed by atoms with Crippen LogP contribution >= 0.6 is 15.9 Å². The Hall–Kier alpha value is -2.39. The van der Waals surface area contributed by atoms with Crippen molar-refractivity contribution in [1.82, 2.24) is 0 Å². The molecule has 29 heavy (non-hydrogen) atoms. The van der Waals surface area contributed by atoms with Crippen LogP contribution in [-0.4, -0.2) is 32.9 Å². The molecule has 0 unspecified atom stereocenters. The minimum atomic E-state index is -3.93. The van der Waals surface area contributed by atoms with Crippen molar-refractivity contribution < 1.29 is 22.7 Å². The first-order valence-corrected chi connectivity index (χ1v) is 11.3. The quantitative estimate of drug-likeness (QED) is 0.658. The maximum Gasteiger partial charge on any atom is 0.338 e. The van der Waals surface area contributed by atoms with E-state index >= 15 is 0 Å². The number of carbonyl (C=O) groups is 2. The Balaban J connectivity index is 1.91. The molecule has 1 heterocycles. The number of carbonyl (C=O) groups excluding carboxylic acids is 2. The molecule has 1 aliphatic rings. The van der Waals surface area contributed by atoms with E-state index in [-0.39, 0.29) is 23.5 Å². The van der Waals surface area contributed by atoms with Gasteiger partial charge < -0.3 is 9.64 Å². The van der Waals surface area contributed by atoms with Crippen molar-refractivity contribution in [3.63, 3.8) is 0 Å². The summed E-state index contributed by atoms with van der Waals surface area (Å²) in [6.07, 6.45) is 0.663. The highest BCUT2D eigenvalue weighted by Gasteiger charge is 2.32. The second-order valence-electron chi connectivity index (χ2n) is 6.76. The van der Waals surface area contributed by atoms with Crippen LogP contribution in [0.3, 0.4) is 0 Å². The normalized spacial score (nSPS) is 15.7. The molecule has 1 aliphatic heterocycles. The second kappa shape index (κ2) is 8.16. The van der Waals surface area contributed by atoms with E-state index in [2.05, 4.69) is 20.7 Å². The predicted molar refractivity (Wildman–Crippen MR) is 114 cm³/mol. The lowest BCUT2D eigenvalue weighted by Gasteiger charge is -2.21. The molecule has 2 aromatic carbocycles. The third-order valence-electron chi connectivity index (χ3n) is 4.63. The number of ether oxygens (including phenoxy) is 1. The zero-order valence-corrected chi connectivity index (χ0v) is 18.6. The van der Waals surface area contributed by atoms with Crippen LogP contribution < -0.4 is 9.62 Å². The number of nitrogens with one attached hydrogen (secondary N) is 1. The summed E-state index contributed by atoms with van der Waals surface area (Å²) in [5.74, 6) is -0.605. The number of benzene rings is 2. The summed E-state index contributed by atoms with van der Waals surface area (Å²) in [7, 11) is -3.93. The summed E-state index contributed by atoms with van der Waals surface area (Å²) < 4.78 is 33.8. The van der Waals surface area contributed by atoms with Crippen molar-refractivity contribution in [3.05, 3.63) is 52.0 Å². The summed E-state index contributed by atoms with van der Waals surface area (Å²) >= 11 is 3.34. The number of amides is 1. The van der Waals surface area contributed by atoms with Crippen LogP contribution in [0.25, 0.3) is 0 Å². The molecular weight excluding hydrogens is 460 g/mol. The zero-order valence-electron chi connectivity index (χ0n) is 16.2. The summed E-state index contributed by atoms with van der Waals surface area (Å²) in [5.41, 5.74) is 2.16. The summed E-state index contributed by atoms with van der Waals surface area (Å²) in [5, 5.41) is 0. The van der Waals surface area contributed by atoms with Gasteiger partial charge in [0.2, 0.25) is 5.91 Å². The molecule has 154 valence electrons. The van der Waals surface area contributed by atoms with Crippen LogP contribution in [0.5, 0.6) is 0 Å². The Morgan fingerprint density at radius 2 is 1.90 bits per heavy atom. The molecule has 9 heteroatoms. The van der Waals surface area contributed by atoms with E-state index in [4.69, 9.17) is 4.74 Å². The van der Waals surface area contributed by atoms with E-state index in [1.54, 1.807) is 17.9 Å². The molecule has 7 nitrogen and oxygen atoms in total. The maximum absolute atomic E-state index is 13.0. The topological polar surface area (TPSA) is 92.8 Å². The lowest BCUT2D eigenvalue weighted by Crippen LogP contribution is -2.33. The first-order valence-electron chi connectivity index (χ1n) is 9.06. The lowest BCUT2D eigenvalue weighted by molar-refractivity contribution is -0.116. The fourth-order valence-corrected chi connectivity index (χ4v) is 5.57. The van der Waals surface area contributed by atoms with E-state index in [1.807, 2.05) is 6.92 Å². The minimum Gasteiger partial charge on any atom is -0.462 e. The fraction of sp³-hybridized carbons (Fsp3) is 0.300. The molecule has 0 spiro atoms. The number of hydrogen-bond acceptors (Lipinski definition) is 5. The van der Waals surface area contributed by atoms with Gasteiger partial charge in [0, 0.05) is 28.8 Å². The van der Waals surface area contributed by atoms with Gasteiger partial charge in [0.15, 0.2) is 0 Å². The van der Waals surface area contributed by atoms with Crippen LogP contribution in [0.2, 0.25) is 0 Å². The maximum atomic E-state index is 13.0. The average Bonchev–Trinajstić information content (AvgIpc) is 2.96. The fourth-order valence-electron chi connectivity index (χ4n) is 3.40. The molecule has 3 rings (SSSR count). The third kappa shape index (κ3) is 4.30. The predicted octanol–water partition coefficient (Wildman–Crippen LogP) is 3.72. The van der Waals surface area contributed by atoms with Gasteiger partial charge in [-0.1, -0.05) is 0 Å². The van der Waals surface area contributed by atoms with Crippen molar-refractivity contribution in [2.24, 2.45) is 0 Å². The van der Waals surface area contributed by atoms with Crippen molar-refractivity contribution in [3.8, 4) is 0 Å². The highest BCUT2D eigenvalue weighted by Crippen LogP contribution is 2.38. The van der Waals surface area contributed by atoms with Crippen LogP contribution in [-0.2, 0) is 26.0 Å². The molecule has 0 saturated carbocycles. The van der Waals surface area contributed by atoms with E-state index < -0.39 is 16.0 Å². The van der Waals surface area contributed by atoms with Gasteiger partial charge >= 0.3 is 5.97 Å². The summed E-state index contributed by atoms with van der Waals surface area (Å²) in [4.78, 5) is 25.4. The Bertz CT molecular complexity index is 1070. The molecule has 0 saturated heterocycles. The summed E-state index contributed by atoms with van der Waals surface area (Å²) in [6, 6.07) is 9.20. The van der Waals surface area contributed by atoms with Gasteiger partial charge in [0.05, 0.1) is 12.2 Å². The van der Waals surface area contributed by atoms with Crippen LogP contribution in [0.1, 0.15) is 36.7 Å². The van der Waals surface area contributed by atoms with E-state index in [0.29, 0.717) is 27.8 Å². The Morgan fingerprint density at radius 3 is 2.48 bits per heavy atom. The molecule has 0 bridgehead atoms. The van der Waals surface area contributed by atoms with Crippen molar-refractivity contribution in [1.29, 1.82) is 0 Å². The molecular formula is C20H21BrN2O5S. The van der Waals surface area contributed by atoms with Gasteiger partial charge in [-0.15, -0.1) is 0 Å². The average molecular weight is 481 g/mol. The minimum absolute atomic E-state index is 0.0317. The van der Waals surface area contributed by atoms with E-state index in [1.165, 1.54) is 37.3 Å². The van der Waals surface area contributed by atoms with Gasteiger partial charge in [0.25, 0.3) is 10.0 Å². The number of rotatable bonds is 5. The monoisotopic (exact) mass is 480 g/mol. The van der Waals surface area contributed by atoms with E-state index in [9.17, 15) is 18.0 Å². The number of sulfonamides is 1. The number of esters is 1. The number of nitrogens with zero attached hydrogens (tertiary/aromatic N) is 1. The molecule has 1 atom stereocenters. The first-order chi connectivity index (χ1) is 13.6. The standard InChI is InChI=1S/C20H21BrN2O5S/c1-4-28-20(25)14-5-7-16(8-6-14)22-29(26,27)19-11-18-15(10-17(19)21)9-12(2)23(18)13(3)24/h5-8,10-12,22H,4,9H2,1-3H3/t12-/m1/s1. The smallest absolute Gasteiger partial charge is 0.338 e. The van der Waals surface area contributed by atoms with Crippen LogP contribution in [0.15, 0.2) is 45.8 Å². The lowest BCUT2D eigenvalue weighted by atomic mass is 10.1. The third-order valence-corrected chi connectivity index (χ3v) is 6.97. The first kappa shape index (κ1) is 21.3. The summed E-state index contributed by atoms with van der Waals surface area (Å²) in [6.45, 7) is 5.36. The van der Waals surface area contributed by atoms with Gasteiger partial charge in [-0.25, -0.2) is 13.2 Å². The van der Waals surface area contributed by atoms with Gasteiger partial charge in [-0.05, 0) is 78.2 Å². The SMILES string of the molecule is CCOC(=O)c1ccc(NS(=O)(=O)c2cc3c(cc2Br)C[C@@H](C)N3C(C)=O)cc1. The number of anilines is 2. The van der Waals surface area contributed by atoms with Crippen molar-refractivity contribution >= 4 is 49.2 Å². The Labute approximate surface area is 178 Å². The molecule has 1 amide bonds. The number of halogens is 1. The number of hydrogen-bond donors (Lipinski definition) is 1. The number of fused-ring (bicyclic) bond motifs is 1. The molecule has 0 radical (unpaired) electrons. The van der Waals surface area contributed by atoms with Gasteiger partial charge in [-0.3, -0.25) is 9.52 Å².